The number of hydrogen-bond donors (Lipinski definition) is 3. The van der Waals surface area contributed by atoms with Crippen molar-refractivity contribution in [2.75, 3.05) is 51.1 Å². The van der Waals surface area contributed by atoms with Crippen molar-refractivity contribution in [3.05, 3.63) is 153 Å². The summed E-state index contributed by atoms with van der Waals surface area (Å²) in [5, 5.41) is 5.08. The number of amides is 2. The lowest BCUT2D eigenvalue weighted by molar-refractivity contribution is -0.144. The Labute approximate surface area is 452 Å². The van der Waals surface area contributed by atoms with Gasteiger partial charge in [-0.3, -0.25) is 14.4 Å². The number of benzene rings is 5. The van der Waals surface area contributed by atoms with Crippen molar-refractivity contribution in [3.8, 4) is 11.5 Å². The molecule has 3 N–H and O–H groups in total. The summed E-state index contributed by atoms with van der Waals surface area (Å²) in [6.45, 7) is 0.339. The van der Waals surface area contributed by atoms with Gasteiger partial charge in [0.15, 0.2) is 18.0 Å². The number of ketones is 1. The maximum atomic E-state index is 13.7. The number of halogens is 6. The van der Waals surface area contributed by atoms with E-state index in [2.05, 4.69) is 20.9 Å². The Morgan fingerprint density at radius 1 is 0.646 bits per heavy atom. The van der Waals surface area contributed by atoms with Gasteiger partial charge < -0.3 is 39.5 Å². The maximum absolute atomic E-state index is 13.7. The molecule has 0 aromatic heterocycles. The number of carbonyl (C=O) groups is 6. The number of anilines is 2. The Bertz CT molecular complexity index is 2970. The van der Waals surface area contributed by atoms with Crippen molar-refractivity contribution in [3.63, 3.8) is 0 Å². The summed E-state index contributed by atoms with van der Waals surface area (Å²) in [6.07, 6.45) is -4.15. The van der Waals surface area contributed by atoms with Crippen LogP contribution in [0.2, 0.25) is 0 Å². The molecule has 420 valence electrons. The number of Topliss-reactive ketones (excluding diaryl/α,β-unsaturated/α-hetero) is 1. The van der Waals surface area contributed by atoms with E-state index in [9.17, 15) is 55.1 Å². The first-order valence-corrected chi connectivity index (χ1v) is 25.7. The number of ether oxygens (including phenoxy) is 3. The normalized spacial score (nSPS) is 13.9. The number of rotatable bonds is 24. The molecule has 2 atom stereocenters. The minimum absolute atomic E-state index is 0.0218. The highest BCUT2D eigenvalue weighted by Gasteiger charge is 2.54. The molecule has 2 heterocycles. The summed E-state index contributed by atoms with van der Waals surface area (Å²) in [6, 6.07) is 23.4. The monoisotopic (exact) mass is 1100 g/mol. The van der Waals surface area contributed by atoms with Crippen LogP contribution in [0.4, 0.5) is 37.7 Å². The van der Waals surface area contributed by atoms with Gasteiger partial charge in [-0.1, -0.05) is 81.0 Å². The summed E-state index contributed by atoms with van der Waals surface area (Å²) in [4.78, 5) is 88.1. The van der Waals surface area contributed by atoms with Crippen LogP contribution in [0, 0.1) is 0 Å². The van der Waals surface area contributed by atoms with Gasteiger partial charge in [-0.15, -0.1) is 0 Å². The van der Waals surface area contributed by atoms with Crippen molar-refractivity contribution in [2.45, 2.75) is 101 Å². The second kappa shape index (κ2) is 25.2. The van der Waals surface area contributed by atoms with Crippen LogP contribution < -0.4 is 30.7 Å². The third-order valence-corrected chi connectivity index (χ3v) is 13.6. The first kappa shape index (κ1) is 58.7. The van der Waals surface area contributed by atoms with Gasteiger partial charge in [0.2, 0.25) is 11.8 Å². The number of fused-ring (bicyclic) bond motifs is 6. The van der Waals surface area contributed by atoms with Crippen LogP contribution >= 0.6 is 0 Å². The van der Waals surface area contributed by atoms with Crippen LogP contribution in [0.5, 0.6) is 11.5 Å². The van der Waals surface area contributed by atoms with Gasteiger partial charge in [-0.05, 0) is 73.9 Å². The molecule has 21 heteroatoms. The lowest BCUT2D eigenvalue weighted by Crippen LogP contribution is -2.52. The SMILES string of the molecule is C[C@@H](NC(=O)[C@@H](Cc1ccccc1)NC(=O)CCCCCCCCCCNOC(=O)c1ccc2c(c1)C(=O)OC21c2ccc(N(C)C)cc2Oc2cc(N(C)C)ccc21)C(=O)COC(=O)c1c(C(F)(F)F)cccc1C(F)(F)F. The van der Waals surface area contributed by atoms with Crippen molar-refractivity contribution in [2.24, 2.45) is 0 Å². The molecule has 0 radical (unpaired) electrons. The van der Waals surface area contributed by atoms with Crippen LogP contribution in [0.15, 0.2) is 103 Å². The number of carbonyl (C=O) groups excluding carboxylic acids is 6. The third-order valence-electron chi connectivity index (χ3n) is 13.6. The van der Waals surface area contributed by atoms with E-state index in [0.717, 1.165) is 56.3 Å². The number of hydrogen-bond acceptors (Lipinski definition) is 13. The van der Waals surface area contributed by atoms with Crippen molar-refractivity contribution >= 4 is 46.9 Å². The number of nitrogens with one attached hydrogen (secondary N) is 3. The molecule has 0 aliphatic carbocycles. The van der Waals surface area contributed by atoms with Gasteiger partial charge >= 0.3 is 30.3 Å². The fourth-order valence-electron chi connectivity index (χ4n) is 9.41. The van der Waals surface area contributed by atoms with Crippen LogP contribution in [0.1, 0.15) is 129 Å². The number of unbranched alkanes of at least 4 members (excludes halogenated alkanes) is 7. The fraction of sp³-hybridized carbons (Fsp3) is 0.379. The molecule has 0 saturated carbocycles. The van der Waals surface area contributed by atoms with Crippen LogP contribution in [-0.4, -0.2) is 88.9 Å². The fourth-order valence-corrected chi connectivity index (χ4v) is 9.41. The van der Waals surface area contributed by atoms with Gasteiger partial charge in [-0.2, -0.15) is 31.8 Å². The van der Waals surface area contributed by atoms with Crippen LogP contribution in [0.3, 0.4) is 0 Å². The molecular formula is C58H61F6N5O10. The highest BCUT2D eigenvalue weighted by Crippen LogP contribution is 2.57. The van der Waals surface area contributed by atoms with E-state index in [-0.39, 0.29) is 36.1 Å². The third kappa shape index (κ3) is 14.0. The molecule has 2 aliphatic heterocycles. The van der Waals surface area contributed by atoms with Crippen molar-refractivity contribution in [1.82, 2.24) is 16.1 Å². The molecule has 2 amide bonds. The molecular weight excluding hydrogens is 1040 g/mol. The van der Waals surface area contributed by atoms with Gasteiger partial charge in [0, 0.05) is 87.8 Å². The van der Waals surface area contributed by atoms with E-state index in [1.165, 1.54) is 13.0 Å². The van der Waals surface area contributed by atoms with E-state index in [4.69, 9.17) is 14.3 Å². The molecule has 79 heavy (non-hydrogen) atoms. The Balaban J connectivity index is 0.813. The minimum Gasteiger partial charge on any atom is -0.456 e. The Kier molecular flexibility index (Phi) is 18.8. The lowest BCUT2D eigenvalue weighted by atomic mass is 9.77. The Morgan fingerprint density at radius 2 is 1.20 bits per heavy atom. The van der Waals surface area contributed by atoms with Crippen LogP contribution in [-0.2, 0) is 53.1 Å². The summed E-state index contributed by atoms with van der Waals surface area (Å²) >= 11 is 0. The van der Waals surface area contributed by atoms with E-state index in [1.807, 2.05) is 74.4 Å². The Hall–Kier alpha value is -7.94. The molecule has 0 unspecified atom stereocenters. The van der Waals surface area contributed by atoms with Gasteiger partial charge in [0.05, 0.1) is 33.9 Å². The number of esters is 2. The largest absolute Gasteiger partial charge is 0.456 e. The van der Waals surface area contributed by atoms with Gasteiger partial charge in [-0.25, -0.2) is 14.4 Å². The zero-order valence-electron chi connectivity index (χ0n) is 44.2. The quantitative estimate of drug-likeness (QED) is 0.0175. The van der Waals surface area contributed by atoms with E-state index >= 15 is 0 Å². The highest BCUT2D eigenvalue weighted by atomic mass is 19.4. The summed E-state index contributed by atoms with van der Waals surface area (Å²) < 4.78 is 98.9. The predicted molar refractivity (Wildman–Crippen MR) is 280 cm³/mol. The van der Waals surface area contributed by atoms with E-state index in [0.29, 0.717) is 52.8 Å². The molecule has 5 aromatic carbocycles. The van der Waals surface area contributed by atoms with Crippen molar-refractivity contribution < 1.29 is 74.2 Å². The van der Waals surface area contributed by atoms with Crippen LogP contribution in [0.25, 0.3) is 0 Å². The smallest absolute Gasteiger partial charge is 0.417 e. The lowest BCUT2D eigenvalue weighted by Gasteiger charge is -2.37. The second-order valence-corrected chi connectivity index (χ2v) is 19.8. The second-order valence-electron chi connectivity index (χ2n) is 19.8. The standard InChI is InChI=1S/C58H61F6N5O10/c1-35(47(70)34-76-55(75)51-44(57(59,60)61)20-17-21-45(51)58(62,63)64)66-52(72)46(30-36-18-13-12-14-19-36)67-50(71)22-15-10-8-6-7-9-11-16-29-65-79-53(73)37-23-26-41-40(31-37)54(74)78-56(41)42-27-24-38(68(2)3)32-48(42)77-49-33-39(69(4)5)25-28-43(49)56/h12-14,17-21,23-28,31-33,35,46,65H,6-11,15-16,22,29-30,34H2,1-5H3,(H,66,72)(H,67,71)/t35-,46-/m1/s1. The zero-order valence-corrected chi connectivity index (χ0v) is 44.2. The van der Waals surface area contributed by atoms with Crippen molar-refractivity contribution in [1.29, 1.82) is 0 Å². The molecule has 0 bridgehead atoms. The molecule has 15 nitrogen and oxygen atoms in total. The molecule has 7 rings (SSSR count). The van der Waals surface area contributed by atoms with Gasteiger partial charge in [0.25, 0.3) is 0 Å². The average Bonchev–Trinajstić information content (AvgIpc) is 3.98. The molecule has 0 saturated heterocycles. The van der Waals surface area contributed by atoms with E-state index in [1.54, 1.807) is 42.5 Å². The number of alkyl halides is 6. The van der Waals surface area contributed by atoms with Gasteiger partial charge in [0.1, 0.15) is 17.5 Å². The first-order chi connectivity index (χ1) is 37.5. The molecule has 2 aliphatic rings. The highest BCUT2D eigenvalue weighted by molar-refractivity contribution is 6.01. The zero-order chi connectivity index (χ0) is 57.2. The number of hydroxylamine groups is 1. The molecule has 0 fully saturated rings. The maximum Gasteiger partial charge on any atom is 0.417 e. The summed E-state index contributed by atoms with van der Waals surface area (Å²) in [5.41, 5.74) is 0.626. The number of nitrogens with zero attached hydrogens (tertiary/aromatic N) is 2. The molecule has 5 aromatic rings. The summed E-state index contributed by atoms with van der Waals surface area (Å²) in [5.74, 6) is -4.44. The minimum atomic E-state index is -5.35. The Morgan fingerprint density at radius 3 is 1.77 bits per heavy atom. The van der Waals surface area contributed by atoms with E-state index < -0.39 is 88.8 Å². The predicted octanol–water partition coefficient (Wildman–Crippen LogP) is 10.3. The topological polar surface area (TPSA) is 182 Å². The average molecular weight is 1100 g/mol. The molecule has 1 spiro atoms. The summed E-state index contributed by atoms with van der Waals surface area (Å²) in [7, 11) is 7.70. The first-order valence-electron chi connectivity index (χ1n) is 25.7.